The van der Waals surface area contributed by atoms with Gasteiger partial charge in [0.05, 0.1) is 12.6 Å². The second-order valence-electron chi connectivity index (χ2n) is 5.96. The van der Waals surface area contributed by atoms with Crippen LogP contribution in [0, 0.1) is 0 Å². The average molecular weight is 399 g/mol. The van der Waals surface area contributed by atoms with E-state index in [-0.39, 0.29) is 0 Å². The summed E-state index contributed by atoms with van der Waals surface area (Å²) >= 11 is 12.5. The summed E-state index contributed by atoms with van der Waals surface area (Å²) in [6.45, 7) is 0.306. The smallest absolute Gasteiger partial charge is 0.176 e. The monoisotopic (exact) mass is 398 g/mol. The third-order valence-electron chi connectivity index (χ3n) is 4.23. The first kappa shape index (κ1) is 17.7. The predicted molar refractivity (Wildman–Crippen MR) is 108 cm³/mol. The lowest BCUT2D eigenvalue weighted by Crippen LogP contribution is -2.13. The Labute approximate surface area is 166 Å². The number of halogens is 2. The Bertz CT molecular complexity index is 1090. The summed E-state index contributed by atoms with van der Waals surface area (Å²) in [5.41, 5.74) is 3.38. The molecule has 0 bridgehead atoms. The maximum Gasteiger partial charge on any atom is 0.176 e. The van der Waals surface area contributed by atoms with Crippen molar-refractivity contribution in [2.75, 3.05) is 7.11 Å². The summed E-state index contributed by atoms with van der Waals surface area (Å²) in [6, 6.07) is 20.8. The number of methoxy groups -OCH3 is 1. The summed E-state index contributed by atoms with van der Waals surface area (Å²) in [5, 5.41) is 1.28. The normalized spacial score (nSPS) is 10.9. The molecule has 0 saturated carbocycles. The van der Waals surface area contributed by atoms with Gasteiger partial charge < -0.3 is 9.57 Å². The summed E-state index contributed by atoms with van der Waals surface area (Å²) in [7, 11) is 1.64. The largest absolute Gasteiger partial charge is 0.497 e. The zero-order valence-corrected chi connectivity index (χ0v) is 16.0. The molecule has 0 saturated heterocycles. The molecule has 0 N–H and O–H groups in total. The summed E-state index contributed by atoms with van der Waals surface area (Å²) in [6.07, 6.45) is 0. The third-order valence-corrected chi connectivity index (χ3v) is 4.83. The van der Waals surface area contributed by atoms with E-state index < -0.39 is 0 Å². The third kappa shape index (κ3) is 3.59. The first-order chi connectivity index (χ1) is 13.2. The minimum atomic E-state index is 0.306. The number of imidazole rings is 1. The molecule has 3 aromatic carbocycles. The molecular formula is C21H16Cl2N2O2. The standard InChI is InChI=1S/C21H16Cl2N2O2/c1-26-17-9-6-14(7-10-17)21-24-19-11-8-16(22)12-20(19)25(21)27-13-15-4-2-3-5-18(15)23/h2-12H,13H2,1H3. The number of rotatable bonds is 5. The maximum absolute atomic E-state index is 6.26. The minimum absolute atomic E-state index is 0.306. The van der Waals surface area contributed by atoms with Gasteiger partial charge in [-0.1, -0.05) is 41.4 Å². The molecule has 6 heteroatoms. The Hall–Kier alpha value is -2.69. The molecule has 0 fully saturated rings. The van der Waals surface area contributed by atoms with Gasteiger partial charge in [-0.2, -0.15) is 4.73 Å². The molecule has 0 atom stereocenters. The molecule has 27 heavy (non-hydrogen) atoms. The van der Waals surface area contributed by atoms with Gasteiger partial charge in [0.1, 0.15) is 17.9 Å². The Morgan fingerprint density at radius 1 is 0.963 bits per heavy atom. The number of hydrogen-bond donors (Lipinski definition) is 0. The Morgan fingerprint density at radius 2 is 1.74 bits per heavy atom. The lowest BCUT2D eigenvalue weighted by atomic mass is 10.2. The zero-order chi connectivity index (χ0) is 18.8. The Morgan fingerprint density at radius 3 is 2.48 bits per heavy atom. The molecule has 4 aromatic rings. The van der Waals surface area contributed by atoms with E-state index in [9.17, 15) is 0 Å². The van der Waals surface area contributed by atoms with Gasteiger partial charge in [0.2, 0.25) is 0 Å². The van der Waals surface area contributed by atoms with E-state index in [0.717, 1.165) is 27.9 Å². The van der Waals surface area contributed by atoms with Crippen LogP contribution in [0.3, 0.4) is 0 Å². The molecule has 0 unspecified atom stereocenters. The van der Waals surface area contributed by atoms with E-state index in [1.54, 1.807) is 11.8 Å². The van der Waals surface area contributed by atoms with Crippen molar-refractivity contribution in [2.45, 2.75) is 6.61 Å². The lowest BCUT2D eigenvalue weighted by molar-refractivity contribution is 0.110. The van der Waals surface area contributed by atoms with Crippen LogP contribution in [0.5, 0.6) is 5.75 Å². The van der Waals surface area contributed by atoms with Crippen molar-refractivity contribution >= 4 is 34.2 Å². The first-order valence-electron chi connectivity index (χ1n) is 8.35. The summed E-state index contributed by atoms with van der Waals surface area (Å²) < 4.78 is 6.94. The maximum atomic E-state index is 6.26. The van der Waals surface area contributed by atoms with Gasteiger partial charge in [0.25, 0.3) is 0 Å². The number of ether oxygens (including phenoxy) is 1. The van der Waals surface area contributed by atoms with Gasteiger partial charge >= 0.3 is 0 Å². The highest BCUT2D eigenvalue weighted by Gasteiger charge is 2.15. The predicted octanol–water partition coefficient (Wildman–Crippen LogP) is 5.65. The molecule has 0 aliphatic carbocycles. The highest BCUT2D eigenvalue weighted by Crippen LogP contribution is 2.28. The number of hydrogen-bond acceptors (Lipinski definition) is 3. The van der Waals surface area contributed by atoms with E-state index >= 15 is 0 Å². The van der Waals surface area contributed by atoms with Crippen LogP contribution in [0.15, 0.2) is 66.7 Å². The van der Waals surface area contributed by atoms with Crippen LogP contribution in [0.4, 0.5) is 0 Å². The second kappa shape index (κ2) is 7.51. The van der Waals surface area contributed by atoms with Crippen molar-refractivity contribution in [1.29, 1.82) is 0 Å². The zero-order valence-electron chi connectivity index (χ0n) is 14.5. The van der Waals surface area contributed by atoms with Crippen LogP contribution in [-0.2, 0) is 6.61 Å². The van der Waals surface area contributed by atoms with Crippen molar-refractivity contribution < 1.29 is 9.57 Å². The van der Waals surface area contributed by atoms with Crippen LogP contribution in [-0.4, -0.2) is 16.8 Å². The molecular weight excluding hydrogens is 383 g/mol. The molecule has 0 spiro atoms. The molecule has 4 nitrogen and oxygen atoms in total. The number of aromatic nitrogens is 2. The fraction of sp³-hybridized carbons (Fsp3) is 0.0952. The average Bonchev–Trinajstić information content (AvgIpc) is 3.05. The van der Waals surface area contributed by atoms with Crippen molar-refractivity contribution in [3.8, 4) is 17.1 Å². The Kier molecular flexibility index (Phi) is 4.92. The van der Waals surface area contributed by atoms with E-state index in [4.69, 9.17) is 37.8 Å². The Balaban J connectivity index is 1.78. The van der Waals surface area contributed by atoms with Gasteiger partial charge in [-0.05, 0) is 48.5 Å². The van der Waals surface area contributed by atoms with E-state index in [1.165, 1.54) is 0 Å². The molecule has 0 aliphatic heterocycles. The van der Waals surface area contributed by atoms with E-state index in [0.29, 0.717) is 22.5 Å². The SMILES string of the molecule is COc1ccc(-c2nc3ccc(Cl)cc3n2OCc2ccccc2Cl)cc1. The number of benzene rings is 3. The van der Waals surface area contributed by atoms with E-state index in [2.05, 4.69) is 0 Å². The van der Waals surface area contributed by atoms with Gasteiger partial charge in [0, 0.05) is 21.2 Å². The van der Waals surface area contributed by atoms with Crippen LogP contribution in [0.25, 0.3) is 22.4 Å². The van der Waals surface area contributed by atoms with Gasteiger partial charge in [-0.15, -0.1) is 0 Å². The molecule has 0 aliphatic rings. The molecule has 1 heterocycles. The van der Waals surface area contributed by atoms with Crippen molar-refractivity contribution in [3.05, 3.63) is 82.3 Å². The van der Waals surface area contributed by atoms with Gasteiger partial charge in [-0.3, -0.25) is 0 Å². The van der Waals surface area contributed by atoms with Crippen molar-refractivity contribution in [1.82, 2.24) is 9.71 Å². The number of fused-ring (bicyclic) bond motifs is 1. The fourth-order valence-electron chi connectivity index (χ4n) is 2.83. The lowest BCUT2D eigenvalue weighted by Gasteiger charge is -2.12. The topological polar surface area (TPSA) is 36.3 Å². The summed E-state index contributed by atoms with van der Waals surface area (Å²) in [4.78, 5) is 10.8. The first-order valence-corrected chi connectivity index (χ1v) is 9.10. The second-order valence-corrected chi connectivity index (χ2v) is 6.80. The minimum Gasteiger partial charge on any atom is -0.497 e. The van der Waals surface area contributed by atoms with Crippen LogP contribution >= 0.6 is 23.2 Å². The van der Waals surface area contributed by atoms with Crippen molar-refractivity contribution in [3.63, 3.8) is 0 Å². The molecule has 136 valence electrons. The highest BCUT2D eigenvalue weighted by molar-refractivity contribution is 6.31. The fourth-order valence-corrected chi connectivity index (χ4v) is 3.19. The number of nitrogens with zero attached hydrogens (tertiary/aromatic N) is 2. The summed E-state index contributed by atoms with van der Waals surface area (Å²) in [5.74, 6) is 1.46. The van der Waals surface area contributed by atoms with E-state index in [1.807, 2.05) is 66.7 Å². The molecule has 4 rings (SSSR count). The quantitative estimate of drug-likeness (QED) is 0.435. The van der Waals surface area contributed by atoms with Crippen LogP contribution < -0.4 is 9.57 Å². The van der Waals surface area contributed by atoms with Gasteiger partial charge in [0.15, 0.2) is 5.82 Å². The molecule has 0 amide bonds. The molecule has 0 radical (unpaired) electrons. The van der Waals surface area contributed by atoms with Gasteiger partial charge in [-0.25, -0.2) is 4.98 Å². The van der Waals surface area contributed by atoms with Crippen molar-refractivity contribution in [2.24, 2.45) is 0 Å². The van der Waals surface area contributed by atoms with Crippen LogP contribution in [0.1, 0.15) is 5.56 Å². The molecule has 1 aromatic heterocycles. The van der Waals surface area contributed by atoms with Crippen LogP contribution in [0.2, 0.25) is 10.0 Å². The highest BCUT2D eigenvalue weighted by atomic mass is 35.5.